The maximum atomic E-state index is 5.26. The van der Waals surface area contributed by atoms with Crippen molar-refractivity contribution in [2.45, 2.75) is 19.3 Å². The van der Waals surface area contributed by atoms with Crippen molar-refractivity contribution in [2.24, 2.45) is 0 Å². The van der Waals surface area contributed by atoms with Crippen LogP contribution in [0.2, 0.25) is 0 Å². The lowest BCUT2D eigenvalue weighted by atomic mass is 9.81. The van der Waals surface area contributed by atoms with E-state index in [-0.39, 0.29) is 5.41 Å². The van der Waals surface area contributed by atoms with Crippen LogP contribution in [0.1, 0.15) is 25.0 Å². The first-order valence-electron chi connectivity index (χ1n) is 21.4. The molecule has 0 saturated carbocycles. The van der Waals surface area contributed by atoms with Crippen molar-refractivity contribution >= 4 is 32.6 Å². The van der Waals surface area contributed by atoms with E-state index in [1.807, 2.05) is 6.07 Å². The summed E-state index contributed by atoms with van der Waals surface area (Å²) in [5, 5.41) is 5.01. The minimum atomic E-state index is -0.115. The van der Waals surface area contributed by atoms with Gasteiger partial charge in [-0.2, -0.15) is 0 Å². The zero-order valence-corrected chi connectivity index (χ0v) is 34.5. The van der Waals surface area contributed by atoms with Crippen LogP contribution in [-0.2, 0) is 5.41 Å². The van der Waals surface area contributed by atoms with Crippen LogP contribution in [0.4, 0.5) is 0 Å². The number of benzene rings is 9. The van der Waals surface area contributed by atoms with Crippen molar-refractivity contribution in [1.29, 1.82) is 0 Å². The summed E-state index contributed by atoms with van der Waals surface area (Å²) in [4.78, 5) is 10.5. The molecule has 2 aromatic heterocycles. The Bertz CT molecular complexity index is 3540. The molecule has 1 aliphatic carbocycles. The Morgan fingerprint density at radius 3 is 1.73 bits per heavy atom. The zero-order chi connectivity index (χ0) is 41.4. The Morgan fingerprint density at radius 2 is 0.952 bits per heavy atom. The molecule has 0 saturated heterocycles. The molecule has 11 aromatic rings. The van der Waals surface area contributed by atoms with E-state index in [9.17, 15) is 0 Å². The van der Waals surface area contributed by atoms with Crippen LogP contribution in [0.5, 0.6) is 0 Å². The first kappa shape index (κ1) is 36.0. The van der Waals surface area contributed by atoms with Crippen LogP contribution in [-0.4, -0.2) is 14.5 Å². The lowest BCUT2D eigenvalue weighted by Crippen LogP contribution is -2.14. The van der Waals surface area contributed by atoms with Crippen molar-refractivity contribution in [2.75, 3.05) is 0 Å². The second-order valence-corrected chi connectivity index (χ2v) is 17.0. The molecule has 0 amide bonds. The number of aromatic nitrogens is 3. The summed E-state index contributed by atoms with van der Waals surface area (Å²) in [5.74, 6) is 0.701. The van der Waals surface area contributed by atoms with Gasteiger partial charge < -0.3 is 4.57 Å². The average molecular weight is 792 g/mol. The fraction of sp³-hybridized carbons (Fsp3) is 0.0508. The number of fused-ring (bicyclic) bond motifs is 7. The number of rotatable bonds is 6. The number of para-hydroxylation sites is 2. The fourth-order valence-corrected chi connectivity index (χ4v) is 9.88. The Kier molecular flexibility index (Phi) is 8.20. The van der Waals surface area contributed by atoms with Crippen molar-refractivity contribution in [3.8, 4) is 73.0 Å². The van der Waals surface area contributed by atoms with E-state index in [1.165, 1.54) is 66.0 Å². The van der Waals surface area contributed by atoms with Crippen LogP contribution < -0.4 is 0 Å². The van der Waals surface area contributed by atoms with Crippen LogP contribution >= 0.6 is 0 Å². The van der Waals surface area contributed by atoms with E-state index in [0.717, 1.165) is 44.9 Å². The van der Waals surface area contributed by atoms with Gasteiger partial charge in [-0.25, -0.2) is 9.97 Å². The van der Waals surface area contributed by atoms with E-state index in [2.05, 4.69) is 225 Å². The zero-order valence-electron chi connectivity index (χ0n) is 34.5. The van der Waals surface area contributed by atoms with Gasteiger partial charge >= 0.3 is 0 Å². The van der Waals surface area contributed by atoms with Gasteiger partial charge in [0, 0.05) is 38.6 Å². The number of hydrogen-bond donors (Lipinski definition) is 0. The molecule has 0 fully saturated rings. The quantitative estimate of drug-likeness (QED) is 0.168. The molecule has 9 aromatic carbocycles. The maximum absolute atomic E-state index is 5.26. The molecule has 292 valence electrons. The summed E-state index contributed by atoms with van der Waals surface area (Å²) in [7, 11) is 0. The van der Waals surface area contributed by atoms with Gasteiger partial charge in [0.25, 0.3) is 0 Å². The van der Waals surface area contributed by atoms with Crippen LogP contribution in [0.15, 0.2) is 212 Å². The van der Waals surface area contributed by atoms with E-state index in [1.54, 1.807) is 0 Å². The van der Waals surface area contributed by atoms with Crippen molar-refractivity contribution in [3.63, 3.8) is 0 Å². The molecule has 0 spiro atoms. The Morgan fingerprint density at radius 1 is 0.371 bits per heavy atom. The van der Waals surface area contributed by atoms with Gasteiger partial charge in [-0.1, -0.05) is 166 Å². The van der Waals surface area contributed by atoms with Gasteiger partial charge in [0.05, 0.1) is 22.4 Å². The van der Waals surface area contributed by atoms with Crippen LogP contribution in [0.25, 0.3) is 106 Å². The summed E-state index contributed by atoms with van der Waals surface area (Å²) in [6, 6.07) is 76.6. The van der Waals surface area contributed by atoms with E-state index in [4.69, 9.17) is 9.97 Å². The summed E-state index contributed by atoms with van der Waals surface area (Å²) in [6.45, 7) is 4.72. The maximum Gasteiger partial charge on any atom is 0.160 e. The first-order chi connectivity index (χ1) is 30.5. The van der Waals surface area contributed by atoms with Gasteiger partial charge in [-0.05, 0) is 116 Å². The second kappa shape index (κ2) is 14.1. The topological polar surface area (TPSA) is 30.7 Å². The SMILES string of the molecule is CC1(C)c2cc3ccccc3cc2-c2c(-c3cccc(-c4cc(-c5cccc(-c6ccc7c(c6)c6ccccc6n7-c6ccccc6)c5)nc(-c5ccccc5)n4)c3)cccc21. The van der Waals surface area contributed by atoms with Crippen molar-refractivity contribution in [3.05, 3.63) is 223 Å². The van der Waals surface area contributed by atoms with Gasteiger partial charge in [-0.3, -0.25) is 0 Å². The highest BCUT2D eigenvalue weighted by Gasteiger charge is 2.37. The number of nitrogens with zero attached hydrogens (tertiary/aromatic N) is 3. The molecule has 12 rings (SSSR count). The largest absolute Gasteiger partial charge is 0.309 e. The molecule has 0 unspecified atom stereocenters. The molecule has 2 heterocycles. The van der Waals surface area contributed by atoms with Gasteiger partial charge in [0.15, 0.2) is 5.82 Å². The molecule has 0 N–H and O–H groups in total. The molecule has 1 aliphatic rings. The lowest BCUT2D eigenvalue weighted by Gasteiger charge is -2.22. The minimum absolute atomic E-state index is 0.115. The standard InChI is InChI=1S/C59H41N3/c1-59(2)51-28-15-27-47(57(51)50-35-40-18-9-10-19-41(40)36-52(50)59)43-21-14-23-45(33-43)54-37-53(60-58(61-54)38-16-5-3-6-17-38)44-22-13-20-39(32-44)42-30-31-56-49(34-42)48-26-11-12-29-55(48)62(56)46-24-7-4-8-25-46/h3-37H,1-2H3. The molecule has 0 atom stereocenters. The molecule has 3 heteroatoms. The average Bonchev–Trinajstić information content (AvgIpc) is 3.78. The highest BCUT2D eigenvalue weighted by Crippen LogP contribution is 2.53. The Balaban J connectivity index is 0.975. The van der Waals surface area contributed by atoms with Crippen molar-refractivity contribution in [1.82, 2.24) is 14.5 Å². The highest BCUT2D eigenvalue weighted by molar-refractivity contribution is 6.10. The summed E-state index contributed by atoms with van der Waals surface area (Å²) < 4.78 is 2.36. The summed E-state index contributed by atoms with van der Waals surface area (Å²) >= 11 is 0. The Hall–Kier alpha value is -7.88. The number of hydrogen-bond acceptors (Lipinski definition) is 2. The van der Waals surface area contributed by atoms with Gasteiger partial charge in [0.1, 0.15) is 0 Å². The normalized spacial score (nSPS) is 12.8. The van der Waals surface area contributed by atoms with E-state index >= 15 is 0 Å². The smallest absolute Gasteiger partial charge is 0.160 e. The van der Waals surface area contributed by atoms with Gasteiger partial charge in [0.2, 0.25) is 0 Å². The highest BCUT2D eigenvalue weighted by atomic mass is 15.0. The third-order valence-corrected chi connectivity index (χ3v) is 13.0. The molecule has 62 heavy (non-hydrogen) atoms. The lowest BCUT2D eigenvalue weighted by molar-refractivity contribution is 0.661. The summed E-state index contributed by atoms with van der Waals surface area (Å²) in [5.41, 5.74) is 18.4. The van der Waals surface area contributed by atoms with Crippen LogP contribution in [0.3, 0.4) is 0 Å². The van der Waals surface area contributed by atoms with Crippen LogP contribution in [0, 0.1) is 0 Å². The predicted molar refractivity (Wildman–Crippen MR) is 259 cm³/mol. The Labute approximate surface area is 361 Å². The third-order valence-electron chi connectivity index (χ3n) is 13.0. The molecule has 0 bridgehead atoms. The minimum Gasteiger partial charge on any atom is -0.309 e. The third kappa shape index (κ3) is 5.81. The first-order valence-corrected chi connectivity index (χ1v) is 21.4. The molecule has 0 radical (unpaired) electrons. The molecular weight excluding hydrogens is 751 g/mol. The second-order valence-electron chi connectivity index (χ2n) is 17.0. The van der Waals surface area contributed by atoms with E-state index in [0.29, 0.717) is 5.82 Å². The molecular formula is C59H41N3. The molecule has 0 aliphatic heterocycles. The summed E-state index contributed by atoms with van der Waals surface area (Å²) in [6.07, 6.45) is 0. The fourth-order valence-electron chi connectivity index (χ4n) is 9.88. The van der Waals surface area contributed by atoms with Gasteiger partial charge in [-0.15, -0.1) is 0 Å². The molecule has 3 nitrogen and oxygen atoms in total. The van der Waals surface area contributed by atoms with E-state index < -0.39 is 0 Å². The predicted octanol–water partition coefficient (Wildman–Crippen LogP) is 15.4. The monoisotopic (exact) mass is 791 g/mol. The van der Waals surface area contributed by atoms with Crippen molar-refractivity contribution < 1.29 is 0 Å².